The van der Waals surface area contributed by atoms with Crippen molar-refractivity contribution in [3.8, 4) is 22.4 Å². The van der Waals surface area contributed by atoms with Crippen LogP contribution in [0.1, 0.15) is 36.7 Å². The first-order chi connectivity index (χ1) is 13.8. The molecule has 0 bridgehead atoms. The number of carboxylic acid groups (broad SMARTS) is 1. The normalized spacial score (nSPS) is 11.6. The summed E-state index contributed by atoms with van der Waals surface area (Å²) in [4.78, 5) is 16.7. The number of pyridine rings is 1. The number of benzene rings is 3. The summed E-state index contributed by atoms with van der Waals surface area (Å²) in [5.74, 6) is -0.949. The molecule has 1 N–H and O–H groups in total. The van der Waals surface area contributed by atoms with Crippen molar-refractivity contribution in [2.75, 3.05) is 0 Å². The number of rotatable bonds is 3. The van der Waals surface area contributed by atoms with Crippen LogP contribution in [0.3, 0.4) is 0 Å². The SMILES string of the molecule is CC(C)(C)c1ccc(-c2ccc3nc(-c4ccccc4)cc(C(=O)O)c3c2)cc1. The second-order valence-electron chi connectivity index (χ2n) is 8.29. The number of carboxylic acids is 1. The maximum Gasteiger partial charge on any atom is 0.336 e. The van der Waals surface area contributed by atoms with Crippen molar-refractivity contribution in [3.63, 3.8) is 0 Å². The quantitative estimate of drug-likeness (QED) is 0.437. The molecule has 3 nitrogen and oxygen atoms in total. The molecule has 4 rings (SSSR count). The number of fused-ring (bicyclic) bond motifs is 1. The Morgan fingerprint density at radius 1 is 0.793 bits per heavy atom. The van der Waals surface area contributed by atoms with E-state index in [1.54, 1.807) is 6.07 Å². The minimum absolute atomic E-state index is 0.0934. The molecule has 0 aliphatic rings. The van der Waals surface area contributed by atoms with E-state index in [9.17, 15) is 9.90 Å². The van der Waals surface area contributed by atoms with E-state index in [4.69, 9.17) is 4.98 Å². The van der Waals surface area contributed by atoms with Gasteiger partial charge in [-0.3, -0.25) is 0 Å². The number of nitrogens with zero attached hydrogens (tertiary/aromatic N) is 1. The molecule has 144 valence electrons. The van der Waals surface area contributed by atoms with Crippen LogP contribution in [0.25, 0.3) is 33.3 Å². The van der Waals surface area contributed by atoms with Gasteiger partial charge in [-0.25, -0.2) is 9.78 Å². The summed E-state index contributed by atoms with van der Waals surface area (Å²) in [5, 5.41) is 10.5. The highest BCUT2D eigenvalue weighted by Gasteiger charge is 2.15. The van der Waals surface area contributed by atoms with E-state index in [-0.39, 0.29) is 11.0 Å². The Morgan fingerprint density at radius 2 is 1.45 bits per heavy atom. The van der Waals surface area contributed by atoms with Crippen LogP contribution >= 0.6 is 0 Å². The average molecular weight is 381 g/mol. The molecule has 0 amide bonds. The second-order valence-corrected chi connectivity index (χ2v) is 8.29. The zero-order valence-electron chi connectivity index (χ0n) is 16.8. The molecule has 0 radical (unpaired) electrons. The van der Waals surface area contributed by atoms with Gasteiger partial charge in [0.15, 0.2) is 0 Å². The summed E-state index contributed by atoms with van der Waals surface area (Å²) in [6.07, 6.45) is 0. The zero-order chi connectivity index (χ0) is 20.6. The Hall–Kier alpha value is -3.46. The molecule has 29 heavy (non-hydrogen) atoms. The van der Waals surface area contributed by atoms with Crippen molar-refractivity contribution in [1.29, 1.82) is 0 Å². The van der Waals surface area contributed by atoms with Crippen LogP contribution in [0.15, 0.2) is 78.9 Å². The summed E-state index contributed by atoms with van der Waals surface area (Å²) in [5.41, 5.74) is 5.91. The van der Waals surface area contributed by atoms with Gasteiger partial charge in [-0.1, -0.05) is 81.4 Å². The molecule has 0 saturated carbocycles. The van der Waals surface area contributed by atoms with E-state index in [2.05, 4.69) is 45.0 Å². The van der Waals surface area contributed by atoms with Gasteiger partial charge in [0, 0.05) is 10.9 Å². The Kier molecular flexibility index (Phi) is 4.67. The highest BCUT2D eigenvalue weighted by Crippen LogP contribution is 2.31. The highest BCUT2D eigenvalue weighted by atomic mass is 16.4. The smallest absolute Gasteiger partial charge is 0.336 e. The molecule has 0 aliphatic heterocycles. The molecule has 0 spiro atoms. The fourth-order valence-corrected chi connectivity index (χ4v) is 3.50. The molecule has 0 aliphatic carbocycles. The fourth-order valence-electron chi connectivity index (χ4n) is 3.50. The van der Waals surface area contributed by atoms with E-state index in [1.807, 2.05) is 48.5 Å². The predicted octanol–water partition coefficient (Wildman–Crippen LogP) is 6.56. The van der Waals surface area contributed by atoms with Gasteiger partial charge in [-0.05, 0) is 40.3 Å². The van der Waals surface area contributed by atoms with Crippen LogP contribution in [0.2, 0.25) is 0 Å². The van der Waals surface area contributed by atoms with Crippen LogP contribution in [0, 0.1) is 0 Å². The van der Waals surface area contributed by atoms with E-state index in [0.717, 1.165) is 16.7 Å². The molecule has 3 heteroatoms. The van der Waals surface area contributed by atoms with Gasteiger partial charge in [0.1, 0.15) is 0 Å². The summed E-state index contributed by atoms with van der Waals surface area (Å²) < 4.78 is 0. The molecule has 1 aromatic heterocycles. The van der Waals surface area contributed by atoms with Gasteiger partial charge in [-0.2, -0.15) is 0 Å². The fraction of sp³-hybridized carbons (Fsp3) is 0.154. The highest BCUT2D eigenvalue weighted by molar-refractivity contribution is 6.05. The Balaban J connectivity index is 1.83. The molecule has 0 atom stereocenters. The molecular formula is C26H23NO2. The first-order valence-electron chi connectivity index (χ1n) is 9.67. The van der Waals surface area contributed by atoms with Gasteiger partial charge in [0.2, 0.25) is 0 Å². The first kappa shape index (κ1) is 18.9. The third kappa shape index (κ3) is 3.77. The molecule has 0 unspecified atom stereocenters. The number of aromatic carboxylic acids is 1. The zero-order valence-corrected chi connectivity index (χ0v) is 16.8. The van der Waals surface area contributed by atoms with Crippen molar-refractivity contribution in [2.24, 2.45) is 0 Å². The number of carbonyl (C=O) groups is 1. The number of hydrogen-bond donors (Lipinski definition) is 1. The lowest BCUT2D eigenvalue weighted by Gasteiger charge is -2.19. The van der Waals surface area contributed by atoms with E-state index in [1.165, 1.54) is 5.56 Å². The van der Waals surface area contributed by atoms with Crippen molar-refractivity contribution >= 4 is 16.9 Å². The van der Waals surface area contributed by atoms with E-state index >= 15 is 0 Å². The number of aromatic nitrogens is 1. The molecule has 3 aromatic carbocycles. The van der Waals surface area contributed by atoms with E-state index in [0.29, 0.717) is 16.6 Å². The van der Waals surface area contributed by atoms with Gasteiger partial charge in [0.05, 0.1) is 16.8 Å². The van der Waals surface area contributed by atoms with E-state index < -0.39 is 5.97 Å². The summed E-state index contributed by atoms with van der Waals surface area (Å²) in [6, 6.07) is 25.6. The minimum Gasteiger partial charge on any atom is -0.478 e. The summed E-state index contributed by atoms with van der Waals surface area (Å²) >= 11 is 0. The second kappa shape index (κ2) is 7.17. The summed E-state index contributed by atoms with van der Waals surface area (Å²) in [6.45, 7) is 6.56. The molecular weight excluding hydrogens is 358 g/mol. The van der Waals surface area contributed by atoms with Crippen molar-refractivity contribution in [1.82, 2.24) is 4.98 Å². The minimum atomic E-state index is -0.949. The molecule has 4 aromatic rings. The topological polar surface area (TPSA) is 50.2 Å². The lowest BCUT2D eigenvalue weighted by Crippen LogP contribution is -2.10. The monoisotopic (exact) mass is 381 g/mol. The van der Waals surface area contributed by atoms with Crippen LogP contribution < -0.4 is 0 Å². The Labute approximate surface area is 170 Å². The van der Waals surface area contributed by atoms with Gasteiger partial charge in [-0.15, -0.1) is 0 Å². The van der Waals surface area contributed by atoms with Crippen molar-refractivity contribution in [2.45, 2.75) is 26.2 Å². The maximum absolute atomic E-state index is 12.0. The lowest BCUT2D eigenvalue weighted by atomic mass is 9.86. The third-order valence-corrected chi connectivity index (χ3v) is 5.19. The van der Waals surface area contributed by atoms with Gasteiger partial charge in [0.25, 0.3) is 0 Å². The summed E-state index contributed by atoms with van der Waals surface area (Å²) in [7, 11) is 0. The van der Waals surface area contributed by atoms with Crippen LogP contribution in [-0.2, 0) is 5.41 Å². The average Bonchev–Trinajstić information content (AvgIpc) is 2.72. The lowest BCUT2D eigenvalue weighted by molar-refractivity contribution is 0.0699. The van der Waals surface area contributed by atoms with Crippen LogP contribution in [0.5, 0.6) is 0 Å². The maximum atomic E-state index is 12.0. The molecule has 0 fully saturated rings. The largest absolute Gasteiger partial charge is 0.478 e. The van der Waals surface area contributed by atoms with Crippen LogP contribution in [0.4, 0.5) is 0 Å². The van der Waals surface area contributed by atoms with Crippen molar-refractivity contribution in [3.05, 3.63) is 90.0 Å². The number of hydrogen-bond acceptors (Lipinski definition) is 2. The van der Waals surface area contributed by atoms with Gasteiger partial charge < -0.3 is 5.11 Å². The predicted molar refractivity (Wildman–Crippen MR) is 118 cm³/mol. The molecule has 1 heterocycles. The standard InChI is InChI=1S/C26H23NO2/c1-26(2,3)20-12-9-17(10-13-20)19-11-14-23-21(15-19)22(25(28)29)16-24(27-23)18-7-5-4-6-8-18/h4-16H,1-3H3,(H,28,29). The molecule has 0 saturated heterocycles. The van der Waals surface area contributed by atoms with Crippen molar-refractivity contribution < 1.29 is 9.90 Å². The Morgan fingerprint density at radius 3 is 2.07 bits per heavy atom. The van der Waals surface area contributed by atoms with Gasteiger partial charge >= 0.3 is 5.97 Å². The Bertz CT molecular complexity index is 1190. The third-order valence-electron chi connectivity index (χ3n) is 5.19. The first-order valence-corrected chi connectivity index (χ1v) is 9.67. The van der Waals surface area contributed by atoms with Crippen LogP contribution in [-0.4, -0.2) is 16.1 Å².